The molecule has 0 heterocycles. The van der Waals surface area contributed by atoms with Crippen molar-refractivity contribution in [1.82, 2.24) is 0 Å². The zero-order valence-electron chi connectivity index (χ0n) is 12.1. The van der Waals surface area contributed by atoms with E-state index in [0.29, 0.717) is 0 Å². The predicted octanol–water partition coefficient (Wildman–Crippen LogP) is 3.61. The molecule has 0 saturated carbocycles. The summed E-state index contributed by atoms with van der Waals surface area (Å²) < 4.78 is 49.0. The van der Waals surface area contributed by atoms with Gasteiger partial charge in [-0.3, -0.25) is 14.9 Å². The number of benzene rings is 2. The average Bonchev–Trinajstić information content (AvgIpc) is 2.55. The Balaban J connectivity index is 2.40. The fraction of sp³-hybridized carbons (Fsp3) is 0.0714. The molecule has 132 valence electrons. The first-order chi connectivity index (χ1) is 11.6. The van der Waals surface area contributed by atoms with Gasteiger partial charge in [0.15, 0.2) is 0 Å². The van der Waals surface area contributed by atoms with Crippen LogP contribution in [0.5, 0.6) is 0 Å². The van der Waals surface area contributed by atoms with Gasteiger partial charge in [-0.25, -0.2) is 8.42 Å². The molecule has 0 saturated heterocycles. The minimum absolute atomic E-state index is 0.140. The summed E-state index contributed by atoms with van der Waals surface area (Å²) in [6.07, 6.45) is 0. The summed E-state index contributed by atoms with van der Waals surface area (Å²) >= 11 is 2.96. The van der Waals surface area contributed by atoms with Crippen LogP contribution in [-0.2, 0) is 9.84 Å². The van der Waals surface area contributed by atoms with Crippen LogP contribution >= 0.6 is 15.9 Å². The summed E-state index contributed by atoms with van der Waals surface area (Å²) in [5.41, 5.74) is -0.862. The molecule has 0 aliphatic carbocycles. The molecule has 25 heavy (non-hydrogen) atoms. The van der Waals surface area contributed by atoms with Crippen molar-refractivity contribution in [3.63, 3.8) is 0 Å². The molecule has 2 rings (SSSR count). The maximum atomic E-state index is 12.7. The lowest BCUT2D eigenvalue weighted by molar-refractivity contribution is -0.385. The second kappa shape index (κ2) is 7.23. The van der Waals surface area contributed by atoms with E-state index in [1.807, 2.05) is 0 Å². The van der Waals surface area contributed by atoms with Gasteiger partial charge in [0.2, 0.25) is 9.84 Å². The fourth-order valence-electron chi connectivity index (χ4n) is 1.90. The largest absolute Gasteiger partial charge is 0.341 e. The molecule has 0 unspecified atom stereocenters. The molecule has 0 aliphatic heterocycles. The lowest BCUT2D eigenvalue weighted by atomic mass is 10.2. The van der Waals surface area contributed by atoms with Gasteiger partial charge >= 0.3 is 5.76 Å². The molecule has 7 nitrogen and oxygen atoms in total. The third-order valence-corrected chi connectivity index (χ3v) is 5.19. The Labute approximate surface area is 148 Å². The third-order valence-electron chi connectivity index (χ3n) is 3.08. The Kier molecular flexibility index (Phi) is 5.48. The summed E-state index contributed by atoms with van der Waals surface area (Å²) in [7, 11) is -4.93. The molecular formula is C14H9BrF2N2O5S. The lowest BCUT2D eigenvalue weighted by Gasteiger charge is -2.11. The highest BCUT2D eigenvalue weighted by Crippen LogP contribution is 2.28. The number of carbonyl (C=O) groups is 1. The Morgan fingerprint density at radius 3 is 2.44 bits per heavy atom. The van der Waals surface area contributed by atoms with E-state index in [0.717, 1.165) is 18.2 Å². The number of amides is 1. The van der Waals surface area contributed by atoms with Crippen LogP contribution in [-0.4, -0.2) is 25.0 Å². The van der Waals surface area contributed by atoms with Crippen LogP contribution in [0.3, 0.4) is 0 Å². The number of para-hydroxylation sites is 1. The molecule has 0 radical (unpaired) electrons. The molecule has 1 amide bonds. The molecule has 2 aromatic carbocycles. The van der Waals surface area contributed by atoms with Gasteiger partial charge in [0, 0.05) is 11.6 Å². The normalized spacial score (nSPS) is 11.4. The average molecular weight is 435 g/mol. The first-order valence-corrected chi connectivity index (χ1v) is 8.85. The molecular weight excluding hydrogens is 426 g/mol. The number of nitrogens with one attached hydrogen (secondary N) is 1. The second-order valence-corrected chi connectivity index (χ2v) is 7.42. The molecule has 0 atom stereocenters. The first kappa shape index (κ1) is 18.9. The van der Waals surface area contributed by atoms with Crippen molar-refractivity contribution >= 4 is 43.0 Å². The van der Waals surface area contributed by atoms with Crippen LogP contribution in [0, 0.1) is 10.1 Å². The number of sulfone groups is 1. The molecule has 0 spiro atoms. The number of nitro benzene ring substituents is 1. The number of nitro groups is 1. The number of halogens is 3. The van der Waals surface area contributed by atoms with Crippen molar-refractivity contribution < 1.29 is 26.9 Å². The number of hydrogen-bond acceptors (Lipinski definition) is 5. The van der Waals surface area contributed by atoms with Gasteiger partial charge in [-0.05, 0) is 40.2 Å². The number of hydrogen-bond donors (Lipinski definition) is 1. The second-order valence-electron chi connectivity index (χ2n) is 4.68. The van der Waals surface area contributed by atoms with Crippen molar-refractivity contribution in [3.05, 3.63) is 62.6 Å². The molecule has 2 aromatic rings. The first-order valence-electron chi connectivity index (χ1n) is 6.51. The molecule has 0 bridgehead atoms. The van der Waals surface area contributed by atoms with E-state index in [4.69, 9.17) is 0 Å². The molecule has 0 aromatic heterocycles. The number of nitrogens with zero attached hydrogens (tertiary/aromatic N) is 1. The van der Waals surface area contributed by atoms with Crippen molar-refractivity contribution in [1.29, 1.82) is 0 Å². The van der Waals surface area contributed by atoms with Gasteiger partial charge in [0.05, 0.1) is 20.0 Å². The van der Waals surface area contributed by atoms with Crippen LogP contribution in [0.1, 0.15) is 10.4 Å². The Hall–Kier alpha value is -2.40. The molecule has 0 aliphatic rings. The van der Waals surface area contributed by atoms with E-state index in [2.05, 4.69) is 21.2 Å². The minimum atomic E-state index is -4.93. The van der Waals surface area contributed by atoms with E-state index in [9.17, 15) is 32.1 Å². The molecule has 1 N–H and O–H groups in total. The Morgan fingerprint density at radius 1 is 1.20 bits per heavy atom. The van der Waals surface area contributed by atoms with Crippen LogP contribution in [0.2, 0.25) is 0 Å². The zero-order valence-corrected chi connectivity index (χ0v) is 14.6. The van der Waals surface area contributed by atoms with Crippen molar-refractivity contribution in [2.45, 2.75) is 10.7 Å². The van der Waals surface area contributed by atoms with E-state index < -0.39 is 31.3 Å². The molecule has 0 fully saturated rings. The number of alkyl halides is 2. The van der Waals surface area contributed by atoms with Crippen LogP contribution in [0.15, 0.2) is 51.8 Å². The monoisotopic (exact) mass is 434 g/mol. The van der Waals surface area contributed by atoms with Crippen molar-refractivity contribution in [3.8, 4) is 0 Å². The van der Waals surface area contributed by atoms with Crippen LogP contribution in [0.4, 0.5) is 20.2 Å². The van der Waals surface area contributed by atoms with Gasteiger partial charge < -0.3 is 5.32 Å². The lowest BCUT2D eigenvalue weighted by Crippen LogP contribution is -2.18. The van der Waals surface area contributed by atoms with Gasteiger partial charge in [-0.15, -0.1) is 0 Å². The summed E-state index contributed by atoms with van der Waals surface area (Å²) in [6.45, 7) is 0. The van der Waals surface area contributed by atoms with Crippen molar-refractivity contribution in [2.75, 3.05) is 5.32 Å². The zero-order chi connectivity index (χ0) is 18.8. The van der Waals surface area contributed by atoms with Gasteiger partial charge in [-0.1, -0.05) is 12.1 Å². The van der Waals surface area contributed by atoms with E-state index in [1.165, 1.54) is 24.3 Å². The van der Waals surface area contributed by atoms with Gasteiger partial charge in [0.1, 0.15) is 0 Å². The predicted molar refractivity (Wildman–Crippen MR) is 88.4 cm³/mol. The van der Waals surface area contributed by atoms with E-state index >= 15 is 0 Å². The SMILES string of the molecule is O=C(Nc1ccccc1S(=O)(=O)C(F)F)c1ccc(Br)c([N+](=O)[O-])c1. The third kappa shape index (κ3) is 3.99. The Bertz CT molecular complexity index is 950. The van der Waals surface area contributed by atoms with E-state index in [-0.39, 0.29) is 21.4 Å². The summed E-state index contributed by atoms with van der Waals surface area (Å²) in [5.74, 6) is -4.54. The van der Waals surface area contributed by atoms with Crippen molar-refractivity contribution in [2.24, 2.45) is 0 Å². The summed E-state index contributed by atoms with van der Waals surface area (Å²) in [5, 5.41) is 13.1. The van der Waals surface area contributed by atoms with Gasteiger partial charge in [0.25, 0.3) is 11.6 Å². The quantitative estimate of drug-likeness (QED) is 0.571. The highest BCUT2D eigenvalue weighted by Gasteiger charge is 2.29. The maximum Gasteiger partial charge on any atom is 0.341 e. The number of carbonyl (C=O) groups excluding carboxylic acids is 1. The highest BCUT2D eigenvalue weighted by atomic mass is 79.9. The smallest absolute Gasteiger partial charge is 0.321 e. The molecule has 11 heteroatoms. The number of anilines is 1. The summed E-state index contributed by atoms with van der Waals surface area (Å²) in [6, 6.07) is 8.16. The topological polar surface area (TPSA) is 106 Å². The minimum Gasteiger partial charge on any atom is -0.321 e. The summed E-state index contributed by atoms with van der Waals surface area (Å²) in [4.78, 5) is 21.7. The van der Waals surface area contributed by atoms with E-state index in [1.54, 1.807) is 0 Å². The number of rotatable bonds is 5. The highest BCUT2D eigenvalue weighted by molar-refractivity contribution is 9.10. The van der Waals surface area contributed by atoms with Crippen LogP contribution in [0.25, 0.3) is 0 Å². The maximum absolute atomic E-state index is 12.7. The van der Waals surface area contributed by atoms with Crippen LogP contribution < -0.4 is 5.32 Å². The standard InChI is InChI=1S/C14H9BrF2N2O5S/c15-9-6-5-8(7-11(9)19(21)22)13(20)18-10-3-1-2-4-12(10)25(23,24)14(16)17/h1-7,14H,(H,18,20). The fourth-order valence-corrected chi connectivity index (χ4v) is 3.18. The Morgan fingerprint density at radius 2 is 1.84 bits per heavy atom. The van der Waals surface area contributed by atoms with Gasteiger partial charge in [-0.2, -0.15) is 8.78 Å².